The molecule has 0 aliphatic rings. The highest BCUT2D eigenvalue weighted by Crippen LogP contribution is 2.13. The maximum absolute atomic E-state index is 12.1. The fraction of sp³-hybridized carbons (Fsp3) is 0.375. The van der Waals surface area contributed by atoms with Crippen LogP contribution in [0.3, 0.4) is 0 Å². The molecule has 0 fully saturated rings. The molecule has 0 radical (unpaired) electrons. The molecule has 9 heteroatoms. The lowest BCUT2D eigenvalue weighted by molar-refractivity contribution is 0.0696. The molecular weight excluding hydrogens is 327 g/mol. The number of halogens is 1. The van der Waals surface area contributed by atoms with Gasteiger partial charge in [-0.1, -0.05) is 11.3 Å². The van der Waals surface area contributed by atoms with Gasteiger partial charge >= 0.3 is 5.97 Å². The minimum Gasteiger partial charge on any atom is -0.478 e. The summed E-state index contributed by atoms with van der Waals surface area (Å²) >= 11 is 0. The lowest BCUT2D eigenvalue weighted by Crippen LogP contribution is -2.29. The Balaban J connectivity index is 2.11. The normalized spacial score (nSPS) is 10.6. The van der Waals surface area contributed by atoms with Crippen molar-refractivity contribution in [3.63, 3.8) is 0 Å². The highest BCUT2D eigenvalue weighted by atomic mass is 19.1. The van der Waals surface area contributed by atoms with Crippen LogP contribution < -0.4 is 11.1 Å². The Kier molecular flexibility index (Phi) is 6.44. The van der Waals surface area contributed by atoms with E-state index in [1.54, 1.807) is 16.9 Å². The second-order valence-corrected chi connectivity index (χ2v) is 5.66. The zero-order valence-electron chi connectivity index (χ0n) is 13.7. The van der Waals surface area contributed by atoms with Crippen molar-refractivity contribution in [3.05, 3.63) is 46.8 Å². The molecule has 1 aromatic carbocycles. The number of aryl methyl sites for hydroxylation is 1. The summed E-state index contributed by atoms with van der Waals surface area (Å²) in [6.45, 7) is 0.285. The van der Waals surface area contributed by atoms with Crippen LogP contribution in [0, 0.1) is 5.41 Å². The molecule has 0 amide bonds. The van der Waals surface area contributed by atoms with Crippen LogP contribution in [0.1, 0.15) is 40.0 Å². The lowest BCUT2D eigenvalue weighted by Gasteiger charge is -2.09. The molecule has 0 unspecified atom stereocenters. The van der Waals surface area contributed by atoms with Crippen molar-refractivity contribution in [2.45, 2.75) is 32.4 Å². The number of hydrogen-bond acceptors (Lipinski definition) is 4. The molecule has 8 nitrogen and oxygen atoms in total. The summed E-state index contributed by atoms with van der Waals surface area (Å²) in [6, 6.07) is 4.93. The molecule has 0 bridgehead atoms. The van der Waals surface area contributed by atoms with E-state index in [2.05, 4.69) is 15.6 Å². The number of guanidine groups is 1. The van der Waals surface area contributed by atoms with Gasteiger partial charge in [0, 0.05) is 12.7 Å². The summed E-state index contributed by atoms with van der Waals surface area (Å²) in [5.74, 6) is -1.21. The summed E-state index contributed by atoms with van der Waals surface area (Å²) < 4.78 is 13.7. The molecule has 2 aromatic rings. The number of alkyl halides is 1. The molecule has 0 spiro atoms. The van der Waals surface area contributed by atoms with Gasteiger partial charge in [0.25, 0.3) is 0 Å². The minimum atomic E-state index is -1.03. The zero-order chi connectivity index (χ0) is 18.2. The second-order valence-electron chi connectivity index (χ2n) is 5.66. The number of hydrogen-bond donors (Lipinski definition) is 4. The van der Waals surface area contributed by atoms with Crippen LogP contribution in [-0.4, -0.2) is 38.7 Å². The van der Waals surface area contributed by atoms with Crippen LogP contribution in [0.15, 0.2) is 24.4 Å². The van der Waals surface area contributed by atoms with Crippen molar-refractivity contribution in [1.82, 2.24) is 20.3 Å². The summed E-state index contributed by atoms with van der Waals surface area (Å²) in [6.07, 6.45) is 3.65. The number of nitrogens with two attached hydrogens (primary N) is 1. The van der Waals surface area contributed by atoms with Crippen molar-refractivity contribution in [3.8, 4) is 0 Å². The van der Waals surface area contributed by atoms with Gasteiger partial charge in [-0.05, 0) is 42.5 Å². The number of carboxylic acids is 1. The van der Waals surface area contributed by atoms with Gasteiger partial charge in [0.05, 0.1) is 24.5 Å². The quantitative estimate of drug-likeness (QED) is 0.307. The van der Waals surface area contributed by atoms with Crippen LogP contribution in [0.25, 0.3) is 0 Å². The van der Waals surface area contributed by atoms with Gasteiger partial charge in [-0.2, -0.15) is 0 Å². The number of unbranched alkanes of at least 4 members (excludes halogenated alkanes) is 1. The number of nitrogens with zero attached hydrogens (tertiary/aromatic N) is 3. The highest BCUT2D eigenvalue weighted by molar-refractivity contribution is 5.88. The first-order valence-electron chi connectivity index (χ1n) is 7.87. The Morgan fingerprint density at radius 1 is 1.32 bits per heavy atom. The molecule has 0 aliphatic carbocycles. The van der Waals surface area contributed by atoms with Crippen molar-refractivity contribution >= 4 is 11.9 Å². The molecule has 2 rings (SSSR count). The Morgan fingerprint density at radius 2 is 2.08 bits per heavy atom. The number of carbonyl (C=O) groups is 1. The second kappa shape index (κ2) is 8.76. The van der Waals surface area contributed by atoms with Crippen LogP contribution in [0.4, 0.5) is 4.39 Å². The summed E-state index contributed by atoms with van der Waals surface area (Å²) in [5, 5.41) is 27.2. The molecule has 0 saturated carbocycles. The maximum Gasteiger partial charge on any atom is 0.335 e. The van der Waals surface area contributed by atoms with Gasteiger partial charge < -0.3 is 16.2 Å². The zero-order valence-corrected chi connectivity index (χ0v) is 13.7. The van der Waals surface area contributed by atoms with Gasteiger partial charge in [-0.15, -0.1) is 5.10 Å². The van der Waals surface area contributed by atoms with Gasteiger partial charge in [0.2, 0.25) is 0 Å². The Labute approximate surface area is 144 Å². The summed E-state index contributed by atoms with van der Waals surface area (Å²) in [5.41, 5.74) is 7.65. The van der Waals surface area contributed by atoms with E-state index in [4.69, 9.17) is 11.1 Å². The average Bonchev–Trinajstić information content (AvgIpc) is 3.00. The smallest absolute Gasteiger partial charge is 0.335 e. The highest BCUT2D eigenvalue weighted by Gasteiger charge is 2.09. The predicted octanol–water partition coefficient (Wildman–Crippen LogP) is 1.30. The number of rotatable bonds is 9. The molecule has 1 aromatic heterocycles. The standard InChI is InChI=1S/C16H21FN6O2/c17-4-2-1-3-14-10-23(22-21-14)9-12-5-11(8-20-16(18)19)6-13(7-12)15(24)25/h5-7,10H,1-4,8-9H2,(H,24,25)(H4,18,19,20). The SMILES string of the molecule is N=C(N)NCc1cc(Cn2cc(CCCCF)nn2)cc(C(=O)O)c1. The van der Waals surface area contributed by atoms with Crippen molar-refractivity contribution < 1.29 is 14.3 Å². The Morgan fingerprint density at radius 3 is 2.76 bits per heavy atom. The molecule has 0 saturated heterocycles. The molecule has 1 heterocycles. The van der Waals surface area contributed by atoms with Crippen molar-refractivity contribution in [2.24, 2.45) is 5.73 Å². The maximum atomic E-state index is 12.1. The van der Waals surface area contributed by atoms with E-state index < -0.39 is 5.97 Å². The van der Waals surface area contributed by atoms with Crippen LogP contribution in [-0.2, 0) is 19.5 Å². The number of nitrogens with one attached hydrogen (secondary N) is 2. The third-order valence-corrected chi connectivity index (χ3v) is 3.53. The van der Waals surface area contributed by atoms with Gasteiger partial charge in [-0.25, -0.2) is 9.48 Å². The number of carboxylic acid groups (broad SMARTS) is 1. The third-order valence-electron chi connectivity index (χ3n) is 3.53. The van der Waals surface area contributed by atoms with Crippen LogP contribution >= 0.6 is 0 Å². The first kappa shape index (κ1) is 18.4. The predicted molar refractivity (Wildman–Crippen MR) is 90.2 cm³/mol. The van der Waals surface area contributed by atoms with Gasteiger partial charge in [0.15, 0.2) is 5.96 Å². The molecular formula is C16H21FN6O2. The van der Waals surface area contributed by atoms with Gasteiger partial charge in [0.1, 0.15) is 0 Å². The Bertz CT molecular complexity index is 746. The first-order valence-corrected chi connectivity index (χ1v) is 7.87. The lowest BCUT2D eigenvalue weighted by atomic mass is 10.1. The fourth-order valence-electron chi connectivity index (χ4n) is 2.39. The largest absolute Gasteiger partial charge is 0.478 e. The molecule has 25 heavy (non-hydrogen) atoms. The van der Waals surface area contributed by atoms with E-state index in [0.717, 1.165) is 11.3 Å². The molecule has 134 valence electrons. The van der Waals surface area contributed by atoms with E-state index in [1.807, 2.05) is 6.07 Å². The summed E-state index contributed by atoms with van der Waals surface area (Å²) in [7, 11) is 0. The first-order chi connectivity index (χ1) is 12.0. The fourth-order valence-corrected chi connectivity index (χ4v) is 2.39. The minimum absolute atomic E-state index is 0.154. The Hall–Kier alpha value is -2.97. The average molecular weight is 348 g/mol. The van der Waals surface area contributed by atoms with Crippen LogP contribution in [0.2, 0.25) is 0 Å². The van der Waals surface area contributed by atoms with E-state index in [0.29, 0.717) is 31.4 Å². The molecule has 0 atom stereocenters. The molecule has 5 N–H and O–H groups in total. The molecule has 0 aliphatic heterocycles. The van der Waals surface area contributed by atoms with E-state index in [9.17, 15) is 14.3 Å². The van der Waals surface area contributed by atoms with Crippen LogP contribution in [0.5, 0.6) is 0 Å². The van der Waals surface area contributed by atoms with E-state index >= 15 is 0 Å². The third kappa shape index (κ3) is 5.87. The monoisotopic (exact) mass is 348 g/mol. The topological polar surface area (TPSA) is 130 Å². The summed E-state index contributed by atoms with van der Waals surface area (Å²) in [4.78, 5) is 11.3. The van der Waals surface area contributed by atoms with Gasteiger partial charge in [-0.3, -0.25) is 9.80 Å². The van der Waals surface area contributed by atoms with Crippen molar-refractivity contribution in [1.29, 1.82) is 5.41 Å². The number of aromatic carboxylic acids is 1. The van der Waals surface area contributed by atoms with E-state index in [-0.39, 0.29) is 24.7 Å². The van der Waals surface area contributed by atoms with E-state index in [1.165, 1.54) is 6.07 Å². The number of aromatic nitrogens is 3. The van der Waals surface area contributed by atoms with Crippen molar-refractivity contribution in [2.75, 3.05) is 6.67 Å². The number of benzene rings is 1.